The number of pyridine rings is 1. The van der Waals surface area contributed by atoms with Gasteiger partial charge in [0.1, 0.15) is 0 Å². The van der Waals surface area contributed by atoms with Gasteiger partial charge in [0.05, 0.1) is 10.0 Å². The minimum atomic E-state index is 0.656. The quantitative estimate of drug-likeness (QED) is 0.668. The van der Waals surface area contributed by atoms with Crippen molar-refractivity contribution in [2.75, 3.05) is 5.73 Å². The summed E-state index contributed by atoms with van der Waals surface area (Å²) in [6.45, 7) is 0. The number of hydrogen-bond donors (Lipinski definition) is 1. The van der Waals surface area contributed by atoms with Crippen molar-refractivity contribution in [3.63, 3.8) is 0 Å². The number of nitrogen functional groups attached to an aromatic ring is 1. The molecule has 0 aliphatic carbocycles. The third-order valence-electron chi connectivity index (χ3n) is 2.13. The lowest BCUT2D eigenvalue weighted by Crippen LogP contribution is -1.91. The largest absolute Gasteiger partial charge is 0.398 e. The summed E-state index contributed by atoms with van der Waals surface area (Å²) in [4.78, 5) is 4.21. The maximum atomic E-state index is 5.85. The van der Waals surface area contributed by atoms with Crippen molar-refractivity contribution in [1.29, 1.82) is 0 Å². The van der Waals surface area contributed by atoms with Gasteiger partial charge < -0.3 is 5.73 Å². The van der Waals surface area contributed by atoms with Crippen LogP contribution in [0.1, 0.15) is 5.56 Å². The summed E-state index contributed by atoms with van der Waals surface area (Å²) in [5, 5.41) is 1.61. The standard InChI is InChI=1S/C12H11ClN2S/c13-10-5-6-12(15-7-10)16-8-9-3-1-2-4-11(9)14/h1-7H,8,14H2. The Labute approximate surface area is 104 Å². The first kappa shape index (κ1) is 11.3. The molecule has 2 nitrogen and oxygen atoms in total. The van der Waals surface area contributed by atoms with Crippen molar-refractivity contribution in [1.82, 2.24) is 4.98 Å². The third kappa shape index (κ3) is 2.90. The smallest absolute Gasteiger partial charge is 0.0964 e. The summed E-state index contributed by atoms with van der Waals surface area (Å²) in [5.74, 6) is 0.821. The Balaban J connectivity index is 2.02. The fourth-order valence-corrected chi connectivity index (χ4v) is 2.23. The summed E-state index contributed by atoms with van der Waals surface area (Å²) in [6.07, 6.45) is 1.65. The van der Waals surface area contributed by atoms with Gasteiger partial charge in [-0.1, -0.05) is 29.8 Å². The van der Waals surface area contributed by atoms with Crippen LogP contribution in [0, 0.1) is 0 Å². The molecule has 0 aliphatic rings. The molecule has 0 bridgehead atoms. The number of nitrogens with zero attached hydrogens (tertiary/aromatic N) is 1. The molecular formula is C12H11ClN2S. The van der Waals surface area contributed by atoms with E-state index in [9.17, 15) is 0 Å². The molecule has 0 unspecified atom stereocenters. The van der Waals surface area contributed by atoms with Crippen molar-refractivity contribution >= 4 is 29.1 Å². The molecule has 82 valence electrons. The number of para-hydroxylation sites is 1. The van der Waals surface area contributed by atoms with Gasteiger partial charge in [-0.05, 0) is 23.8 Å². The number of benzene rings is 1. The van der Waals surface area contributed by atoms with Gasteiger partial charge in [-0.15, -0.1) is 11.8 Å². The molecule has 0 aliphatic heterocycles. The first-order valence-electron chi connectivity index (χ1n) is 4.83. The van der Waals surface area contributed by atoms with E-state index < -0.39 is 0 Å². The second kappa shape index (κ2) is 5.23. The van der Waals surface area contributed by atoms with Gasteiger partial charge in [-0.3, -0.25) is 0 Å². The molecule has 0 saturated carbocycles. The van der Waals surface area contributed by atoms with Crippen LogP contribution in [0.15, 0.2) is 47.6 Å². The van der Waals surface area contributed by atoms with Crippen LogP contribution >= 0.6 is 23.4 Å². The van der Waals surface area contributed by atoms with E-state index in [1.807, 2.05) is 36.4 Å². The van der Waals surface area contributed by atoms with Gasteiger partial charge in [-0.2, -0.15) is 0 Å². The monoisotopic (exact) mass is 250 g/mol. The molecule has 2 rings (SSSR count). The summed E-state index contributed by atoms with van der Waals surface area (Å²) in [6, 6.07) is 11.6. The van der Waals surface area contributed by atoms with Crippen LogP contribution in [0.5, 0.6) is 0 Å². The molecule has 1 aromatic heterocycles. The van der Waals surface area contributed by atoms with E-state index in [2.05, 4.69) is 4.98 Å². The molecule has 0 atom stereocenters. The zero-order chi connectivity index (χ0) is 11.4. The predicted molar refractivity (Wildman–Crippen MR) is 69.7 cm³/mol. The van der Waals surface area contributed by atoms with Crippen LogP contribution in [-0.2, 0) is 5.75 Å². The summed E-state index contributed by atoms with van der Waals surface area (Å²) < 4.78 is 0. The molecule has 0 amide bonds. The molecule has 1 aromatic carbocycles. The number of aromatic nitrogens is 1. The Kier molecular flexibility index (Phi) is 3.70. The van der Waals surface area contributed by atoms with Gasteiger partial charge in [0, 0.05) is 17.6 Å². The van der Waals surface area contributed by atoms with Gasteiger partial charge in [0.25, 0.3) is 0 Å². The third-order valence-corrected chi connectivity index (χ3v) is 3.35. The Bertz CT molecular complexity index is 471. The Morgan fingerprint density at radius 3 is 2.69 bits per heavy atom. The summed E-state index contributed by atoms with van der Waals surface area (Å²) in [5.41, 5.74) is 7.81. The molecule has 0 radical (unpaired) electrons. The molecule has 16 heavy (non-hydrogen) atoms. The van der Waals surface area contributed by atoms with Crippen LogP contribution in [-0.4, -0.2) is 4.98 Å². The molecule has 0 fully saturated rings. The van der Waals surface area contributed by atoms with E-state index in [-0.39, 0.29) is 0 Å². The molecule has 0 saturated heterocycles. The first-order chi connectivity index (χ1) is 7.75. The van der Waals surface area contributed by atoms with Crippen molar-refractivity contribution < 1.29 is 0 Å². The van der Waals surface area contributed by atoms with Crippen molar-refractivity contribution in [3.05, 3.63) is 53.2 Å². The van der Waals surface area contributed by atoms with E-state index in [1.165, 1.54) is 0 Å². The molecule has 2 aromatic rings. The highest BCUT2D eigenvalue weighted by Crippen LogP contribution is 2.24. The van der Waals surface area contributed by atoms with Gasteiger partial charge in [0.15, 0.2) is 0 Å². The van der Waals surface area contributed by atoms with E-state index in [1.54, 1.807) is 18.0 Å². The minimum absolute atomic E-state index is 0.656. The fraction of sp³-hybridized carbons (Fsp3) is 0.0833. The number of nitrogens with two attached hydrogens (primary N) is 1. The van der Waals surface area contributed by atoms with Gasteiger partial charge >= 0.3 is 0 Å². The maximum absolute atomic E-state index is 5.85. The lowest BCUT2D eigenvalue weighted by atomic mass is 10.2. The number of hydrogen-bond acceptors (Lipinski definition) is 3. The zero-order valence-corrected chi connectivity index (χ0v) is 10.1. The van der Waals surface area contributed by atoms with E-state index in [0.717, 1.165) is 22.0 Å². The normalized spacial score (nSPS) is 10.3. The van der Waals surface area contributed by atoms with Crippen molar-refractivity contribution in [2.24, 2.45) is 0 Å². The Morgan fingerprint density at radius 2 is 2.00 bits per heavy atom. The van der Waals surface area contributed by atoms with Crippen LogP contribution in [0.3, 0.4) is 0 Å². The van der Waals surface area contributed by atoms with Crippen molar-refractivity contribution in [3.8, 4) is 0 Å². The first-order valence-corrected chi connectivity index (χ1v) is 6.20. The SMILES string of the molecule is Nc1ccccc1CSc1ccc(Cl)cn1. The van der Waals surface area contributed by atoms with E-state index >= 15 is 0 Å². The van der Waals surface area contributed by atoms with Crippen LogP contribution in [0.4, 0.5) is 5.69 Å². The summed E-state index contributed by atoms with van der Waals surface area (Å²) in [7, 11) is 0. The molecule has 2 N–H and O–H groups in total. The molecule has 0 spiro atoms. The van der Waals surface area contributed by atoms with Gasteiger partial charge in [-0.25, -0.2) is 4.98 Å². The fourth-order valence-electron chi connectivity index (χ4n) is 1.26. The maximum Gasteiger partial charge on any atom is 0.0964 e. The average Bonchev–Trinajstić information content (AvgIpc) is 2.30. The van der Waals surface area contributed by atoms with E-state index in [0.29, 0.717) is 5.02 Å². The highest BCUT2D eigenvalue weighted by molar-refractivity contribution is 7.98. The number of thioether (sulfide) groups is 1. The zero-order valence-electron chi connectivity index (χ0n) is 8.56. The van der Waals surface area contributed by atoms with Gasteiger partial charge in [0.2, 0.25) is 0 Å². The average molecular weight is 251 g/mol. The Morgan fingerprint density at radius 1 is 1.19 bits per heavy atom. The molecule has 1 heterocycles. The lowest BCUT2D eigenvalue weighted by Gasteiger charge is -2.04. The number of anilines is 1. The van der Waals surface area contributed by atoms with Crippen LogP contribution < -0.4 is 5.73 Å². The second-order valence-electron chi connectivity index (χ2n) is 3.30. The molecule has 4 heteroatoms. The highest BCUT2D eigenvalue weighted by atomic mass is 35.5. The van der Waals surface area contributed by atoms with Crippen molar-refractivity contribution in [2.45, 2.75) is 10.8 Å². The number of rotatable bonds is 3. The number of halogens is 1. The molecular weight excluding hydrogens is 240 g/mol. The predicted octanol–water partition coefficient (Wildman–Crippen LogP) is 3.61. The van der Waals surface area contributed by atoms with Crippen LogP contribution in [0.2, 0.25) is 5.02 Å². The summed E-state index contributed by atoms with van der Waals surface area (Å²) >= 11 is 7.41. The Hall–Kier alpha value is -1.19. The van der Waals surface area contributed by atoms with E-state index in [4.69, 9.17) is 17.3 Å². The highest BCUT2D eigenvalue weighted by Gasteiger charge is 2.00. The lowest BCUT2D eigenvalue weighted by molar-refractivity contribution is 1.13. The minimum Gasteiger partial charge on any atom is -0.398 e. The second-order valence-corrected chi connectivity index (χ2v) is 4.73. The topological polar surface area (TPSA) is 38.9 Å². The van der Waals surface area contributed by atoms with Crippen LogP contribution in [0.25, 0.3) is 0 Å².